The summed E-state index contributed by atoms with van der Waals surface area (Å²) in [5.74, 6) is -2.63. The molecule has 8 heteroatoms. The van der Waals surface area contributed by atoms with Gasteiger partial charge in [-0.3, -0.25) is 14.4 Å². The molecule has 8 nitrogen and oxygen atoms in total. The van der Waals surface area contributed by atoms with Crippen molar-refractivity contribution in [1.82, 2.24) is 0 Å². The Bertz CT molecular complexity index is 1140. The number of aliphatic hydroxyl groups is 1. The van der Waals surface area contributed by atoms with Gasteiger partial charge >= 0.3 is 11.9 Å². The van der Waals surface area contributed by atoms with Crippen LogP contribution in [-0.4, -0.2) is 47.6 Å². The predicted molar refractivity (Wildman–Crippen MR) is 103 cm³/mol. The molecule has 2 aliphatic rings. The lowest BCUT2D eigenvalue weighted by Gasteiger charge is -2.32. The molecule has 1 N–H and O–H groups in total. The van der Waals surface area contributed by atoms with Crippen molar-refractivity contribution in [3.8, 4) is 5.75 Å². The maximum Gasteiger partial charge on any atom is 0.335 e. The van der Waals surface area contributed by atoms with Crippen molar-refractivity contribution in [3.05, 3.63) is 52.6 Å². The van der Waals surface area contributed by atoms with Gasteiger partial charge in [0.1, 0.15) is 0 Å². The van der Waals surface area contributed by atoms with Crippen LogP contribution in [0.1, 0.15) is 41.0 Å². The van der Waals surface area contributed by atoms with Gasteiger partial charge in [-0.15, -0.1) is 0 Å². The van der Waals surface area contributed by atoms with Crippen LogP contribution in [0, 0.1) is 0 Å². The molecule has 4 rings (SSSR count). The smallest absolute Gasteiger partial charge is 0.335 e. The normalized spacial score (nSPS) is 20.6. The van der Waals surface area contributed by atoms with E-state index in [9.17, 15) is 24.3 Å². The molecular weight excluding hydrogens is 392 g/mol. The van der Waals surface area contributed by atoms with Crippen LogP contribution >= 0.6 is 0 Å². The Morgan fingerprint density at radius 2 is 1.93 bits per heavy atom. The van der Waals surface area contributed by atoms with Crippen molar-refractivity contribution in [2.24, 2.45) is 0 Å². The predicted octanol–water partition coefficient (Wildman–Crippen LogP) is 2.11. The highest BCUT2D eigenvalue weighted by atomic mass is 16.6. The van der Waals surface area contributed by atoms with Gasteiger partial charge in [-0.05, 0) is 18.4 Å². The molecule has 0 spiro atoms. The number of hydrogen-bond donors (Lipinski definition) is 1. The summed E-state index contributed by atoms with van der Waals surface area (Å²) in [5.41, 5.74) is -0.319. The maximum atomic E-state index is 13.4. The molecule has 0 radical (unpaired) electrons. The minimum absolute atomic E-state index is 0.00550. The van der Waals surface area contributed by atoms with Crippen LogP contribution in [0.5, 0.6) is 5.75 Å². The monoisotopic (exact) mass is 410 g/mol. The molecule has 0 saturated carbocycles. The van der Waals surface area contributed by atoms with Gasteiger partial charge < -0.3 is 19.3 Å². The van der Waals surface area contributed by atoms with Gasteiger partial charge in [0.15, 0.2) is 29.7 Å². The molecule has 1 heterocycles. The van der Waals surface area contributed by atoms with Crippen molar-refractivity contribution >= 4 is 34.3 Å². The number of ketones is 2. The molecule has 2 aromatic carbocycles. The highest BCUT2D eigenvalue weighted by molar-refractivity contribution is 6.30. The van der Waals surface area contributed by atoms with Crippen molar-refractivity contribution in [1.29, 1.82) is 0 Å². The summed E-state index contributed by atoms with van der Waals surface area (Å²) >= 11 is 0. The van der Waals surface area contributed by atoms with E-state index in [1.807, 2.05) is 0 Å². The lowest BCUT2D eigenvalue weighted by molar-refractivity contribution is -0.175. The van der Waals surface area contributed by atoms with Crippen molar-refractivity contribution in [2.45, 2.75) is 32.7 Å². The van der Waals surface area contributed by atoms with E-state index in [2.05, 4.69) is 0 Å². The quantitative estimate of drug-likeness (QED) is 0.604. The Hall–Kier alpha value is -3.36. The number of ether oxygens (including phenoxy) is 3. The lowest BCUT2D eigenvalue weighted by atomic mass is 9.78. The second-order valence-electron chi connectivity index (χ2n) is 6.93. The minimum atomic E-state index is -1.75. The third-order valence-corrected chi connectivity index (χ3v) is 5.04. The standard InChI is InChI=1S/C22H18O8/c1-3-28-21(26)15-9-14-17(22(27)30-15)19(25)13-8-11-6-4-5-7-12(11)20(29-10(2)23)16(13)18(14)24/h4-8,15,22,27H,3,9H2,1-2H3/t15-,22-/m1/s1. The molecule has 0 amide bonds. The summed E-state index contributed by atoms with van der Waals surface area (Å²) < 4.78 is 15.5. The zero-order valence-electron chi connectivity index (χ0n) is 16.3. The molecule has 2 atom stereocenters. The summed E-state index contributed by atoms with van der Waals surface area (Å²) in [6.45, 7) is 2.91. The number of esters is 2. The third kappa shape index (κ3) is 3.10. The molecular formula is C22H18O8. The van der Waals surface area contributed by atoms with Gasteiger partial charge in [-0.1, -0.05) is 24.3 Å². The number of fused-ring (bicyclic) bond motifs is 2. The first-order valence-corrected chi connectivity index (χ1v) is 9.40. The fourth-order valence-electron chi connectivity index (χ4n) is 3.82. The number of rotatable bonds is 3. The molecule has 154 valence electrons. The van der Waals surface area contributed by atoms with Crippen LogP contribution in [0.25, 0.3) is 10.8 Å². The Morgan fingerprint density at radius 3 is 2.63 bits per heavy atom. The van der Waals surface area contributed by atoms with E-state index in [-0.39, 0.29) is 41.1 Å². The van der Waals surface area contributed by atoms with E-state index in [0.29, 0.717) is 10.8 Å². The lowest BCUT2D eigenvalue weighted by Crippen LogP contribution is -2.42. The summed E-state index contributed by atoms with van der Waals surface area (Å²) in [6, 6.07) is 8.38. The highest BCUT2D eigenvalue weighted by Crippen LogP contribution is 2.42. The molecule has 1 aliphatic carbocycles. The van der Waals surface area contributed by atoms with Crippen molar-refractivity contribution in [3.63, 3.8) is 0 Å². The summed E-state index contributed by atoms with van der Waals surface area (Å²) in [5, 5.41) is 11.5. The molecule has 0 fully saturated rings. The number of carbonyl (C=O) groups excluding carboxylic acids is 4. The van der Waals surface area contributed by atoms with E-state index >= 15 is 0 Å². The van der Waals surface area contributed by atoms with Crippen molar-refractivity contribution < 1.29 is 38.5 Å². The average molecular weight is 410 g/mol. The fourth-order valence-corrected chi connectivity index (χ4v) is 3.82. The number of carbonyl (C=O) groups is 4. The second-order valence-corrected chi connectivity index (χ2v) is 6.93. The van der Waals surface area contributed by atoms with Crippen LogP contribution in [-0.2, 0) is 19.1 Å². The van der Waals surface area contributed by atoms with Gasteiger partial charge in [0.05, 0.1) is 17.7 Å². The highest BCUT2D eigenvalue weighted by Gasteiger charge is 2.44. The average Bonchev–Trinajstić information content (AvgIpc) is 2.71. The third-order valence-electron chi connectivity index (χ3n) is 5.04. The number of aliphatic hydroxyl groups excluding tert-OH is 1. The van der Waals surface area contributed by atoms with Crippen LogP contribution in [0.3, 0.4) is 0 Å². The molecule has 0 saturated heterocycles. The SMILES string of the molecule is CCOC(=O)[C@H]1CC2=C(C(=O)c3cc4ccccc4c(OC(C)=O)c3C2=O)[C@H](O)O1. The largest absolute Gasteiger partial charge is 0.464 e. The van der Waals surface area contributed by atoms with E-state index < -0.39 is 35.9 Å². The molecule has 2 aromatic rings. The van der Waals surface area contributed by atoms with Crippen molar-refractivity contribution in [2.75, 3.05) is 6.61 Å². The minimum Gasteiger partial charge on any atom is -0.464 e. The molecule has 0 aromatic heterocycles. The van der Waals surface area contributed by atoms with Gasteiger partial charge in [0.25, 0.3) is 0 Å². The van der Waals surface area contributed by atoms with E-state index in [1.54, 1.807) is 31.2 Å². The van der Waals surface area contributed by atoms with E-state index in [1.165, 1.54) is 13.0 Å². The molecule has 1 aliphatic heterocycles. The van der Waals surface area contributed by atoms with Gasteiger partial charge in [0.2, 0.25) is 0 Å². The molecule has 0 unspecified atom stereocenters. The Kier molecular flexibility index (Phi) is 4.97. The fraction of sp³-hybridized carbons (Fsp3) is 0.273. The van der Waals surface area contributed by atoms with E-state index in [4.69, 9.17) is 14.2 Å². The van der Waals surface area contributed by atoms with Gasteiger partial charge in [0, 0.05) is 29.9 Å². The second kappa shape index (κ2) is 7.47. The Morgan fingerprint density at radius 1 is 1.20 bits per heavy atom. The van der Waals surface area contributed by atoms with E-state index in [0.717, 1.165) is 0 Å². The number of Topliss-reactive ketones (excluding diaryl/α,β-unsaturated/α-hetero) is 2. The number of benzene rings is 2. The Balaban J connectivity index is 1.90. The maximum absolute atomic E-state index is 13.4. The zero-order valence-corrected chi connectivity index (χ0v) is 16.3. The van der Waals surface area contributed by atoms with Gasteiger partial charge in [-0.25, -0.2) is 4.79 Å². The van der Waals surface area contributed by atoms with Gasteiger partial charge in [-0.2, -0.15) is 0 Å². The first kappa shape index (κ1) is 19.9. The summed E-state index contributed by atoms with van der Waals surface area (Å²) in [6.07, 6.45) is -3.22. The van der Waals surface area contributed by atoms with Crippen LogP contribution < -0.4 is 4.74 Å². The topological polar surface area (TPSA) is 116 Å². The Labute approximate surface area is 171 Å². The van der Waals surface area contributed by atoms with Crippen LogP contribution in [0.2, 0.25) is 0 Å². The van der Waals surface area contributed by atoms with Crippen LogP contribution in [0.15, 0.2) is 41.5 Å². The number of hydrogen-bond acceptors (Lipinski definition) is 8. The molecule has 0 bridgehead atoms. The first-order chi connectivity index (χ1) is 14.3. The molecule has 30 heavy (non-hydrogen) atoms. The summed E-state index contributed by atoms with van der Waals surface area (Å²) in [7, 11) is 0. The van der Waals surface area contributed by atoms with Crippen LogP contribution in [0.4, 0.5) is 0 Å². The first-order valence-electron chi connectivity index (χ1n) is 9.40. The zero-order chi connectivity index (χ0) is 21.6. The summed E-state index contributed by atoms with van der Waals surface area (Å²) in [4.78, 5) is 50.4.